The highest BCUT2D eigenvalue weighted by Gasteiger charge is 2.37. The maximum atomic E-state index is 13.2. The third-order valence-corrected chi connectivity index (χ3v) is 6.95. The van der Waals surface area contributed by atoms with Gasteiger partial charge in [-0.15, -0.1) is 0 Å². The van der Waals surface area contributed by atoms with Crippen LogP contribution in [0, 0.1) is 0 Å². The molecule has 0 saturated carbocycles. The lowest BCUT2D eigenvalue weighted by Gasteiger charge is -2.24. The summed E-state index contributed by atoms with van der Waals surface area (Å²) in [6.07, 6.45) is 4.72. The summed E-state index contributed by atoms with van der Waals surface area (Å²) in [7, 11) is -3.72. The van der Waals surface area contributed by atoms with Gasteiger partial charge in [0.05, 0.1) is 16.8 Å². The first-order valence-electron chi connectivity index (χ1n) is 8.83. The molecule has 0 radical (unpaired) electrons. The van der Waals surface area contributed by atoms with E-state index in [0.29, 0.717) is 30.4 Å². The molecule has 0 spiro atoms. The molecule has 2 aromatic heterocycles. The molecule has 4 rings (SSSR count). The van der Waals surface area contributed by atoms with E-state index in [9.17, 15) is 8.42 Å². The van der Waals surface area contributed by atoms with Crippen LogP contribution in [0.4, 0.5) is 11.8 Å². The summed E-state index contributed by atoms with van der Waals surface area (Å²) in [5, 5.41) is 3.26. The molecule has 1 atom stereocenters. The maximum Gasteiger partial charge on any atom is 0.245 e. The minimum atomic E-state index is -3.72. The van der Waals surface area contributed by atoms with E-state index in [-0.39, 0.29) is 16.0 Å². The zero-order chi connectivity index (χ0) is 19.6. The number of nitrogens with zero attached hydrogens (tertiary/aromatic N) is 4. The number of benzene rings is 1. The first kappa shape index (κ1) is 18.8. The van der Waals surface area contributed by atoms with Crippen molar-refractivity contribution >= 4 is 33.4 Å². The van der Waals surface area contributed by atoms with Gasteiger partial charge < -0.3 is 5.32 Å². The average Bonchev–Trinajstić information content (AvgIpc) is 3.20. The Kier molecular flexibility index (Phi) is 5.25. The van der Waals surface area contributed by atoms with E-state index in [4.69, 9.17) is 11.6 Å². The van der Waals surface area contributed by atoms with E-state index in [1.165, 1.54) is 10.4 Å². The minimum absolute atomic E-state index is 0.121. The lowest BCUT2D eigenvalue weighted by atomic mass is 10.1. The van der Waals surface area contributed by atoms with E-state index < -0.39 is 10.0 Å². The number of anilines is 2. The van der Waals surface area contributed by atoms with Gasteiger partial charge in [-0.2, -0.15) is 4.31 Å². The maximum absolute atomic E-state index is 13.2. The Morgan fingerprint density at radius 3 is 2.61 bits per heavy atom. The zero-order valence-electron chi connectivity index (χ0n) is 14.9. The van der Waals surface area contributed by atoms with Crippen molar-refractivity contribution in [3.63, 3.8) is 0 Å². The second-order valence-corrected chi connectivity index (χ2v) is 8.62. The molecule has 0 unspecified atom stereocenters. The molecule has 1 N–H and O–H groups in total. The fourth-order valence-corrected chi connectivity index (χ4v) is 5.45. The summed E-state index contributed by atoms with van der Waals surface area (Å²) in [5.41, 5.74) is 0.675. The van der Waals surface area contributed by atoms with Crippen LogP contribution in [0.15, 0.2) is 65.8 Å². The Morgan fingerprint density at radius 1 is 1.04 bits per heavy atom. The van der Waals surface area contributed by atoms with E-state index >= 15 is 0 Å². The molecule has 0 bridgehead atoms. The molecular weight excluding hydrogens is 398 g/mol. The van der Waals surface area contributed by atoms with Crippen LogP contribution >= 0.6 is 11.6 Å². The summed E-state index contributed by atoms with van der Waals surface area (Å²) in [6.45, 7) is 0.430. The van der Waals surface area contributed by atoms with Crippen molar-refractivity contribution in [3.05, 3.63) is 71.6 Å². The quantitative estimate of drug-likeness (QED) is 0.682. The molecule has 28 heavy (non-hydrogen) atoms. The van der Waals surface area contributed by atoms with Crippen LogP contribution in [0.5, 0.6) is 0 Å². The lowest BCUT2D eigenvalue weighted by Crippen LogP contribution is -2.31. The standard InChI is InChI=1S/C19H18ClN5O2S/c20-14-6-1-2-9-17(14)28(26,27)25-13-4-8-16(25)15-7-3-10-18(23-15)24-19-21-11-5-12-22-19/h1-3,5-7,9-12,16H,4,8,13H2,(H,21,22,23,24)/t16-/m1/s1. The van der Waals surface area contributed by atoms with Crippen LogP contribution in [-0.2, 0) is 10.0 Å². The van der Waals surface area contributed by atoms with Crippen LogP contribution < -0.4 is 5.32 Å². The first-order chi connectivity index (χ1) is 13.6. The van der Waals surface area contributed by atoms with Crippen molar-refractivity contribution in [2.24, 2.45) is 0 Å². The Hall–Kier alpha value is -2.55. The second kappa shape index (κ2) is 7.83. The van der Waals surface area contributed by atoms with Gasteiger partial charge in [0.2, 0.25) is 16.0 Å². The number of hydrogen-bond donors (Lipinski definition) is 1. The summed E-state index contributed by atoms with van der Waals surface area (Å²) < 4.78 is 27.9. The highest BCUT2D eigenvalue weighted by molar-refractivity contribution is 7.89. The Morgan fingerprint density at radius 2 is 1.82 bits per heavy atom. The number of hydrogen-bond acceptors (Lipinski definition) is 6. The number of pyridine rings is 1. The number of sulfonamides is 1. The van der Waals surface area contributed by atoms with E-state index in [1.807, 2.05) is 12.1 Å². The Bertz CT molecular complexity index is 1080. The number of aromatic nitrogens is 3. The molecule has 3 heterocycles. The molecule has 1 aliphatic rings. The van der Waals surface area contributed by atoms with Gasteiger partial charge in [-0.05, 0) is 43.2 Å². The number of halogens is 1. The summed E-state index contributed by atoms with van der Waals surface area (Å²) in [4.78, 5) is 13.0. The van der Waals surface area contributed by atoms with E-state index in [1.54, 1.807) is 42.7 Å². The molecule has 1 fully saturated rings. The third-order valence-electron chi connectivity index (χ3n) is 4.54. The molecule has 1 aliphatic heterocycles. The van der Waals surface area contributed by atoms with Gasteiger partial charge in [0.15, 0.2) is 0 Å². The molecule has 0 amide bonds. The van der Waals surface area contributed by atoms with Gasteiger partial charge in [0, 0.05) is 18.9 Å². The van der Waals surface area contributed by atoms with Gasteiger partial charge in [0.1, 0.15) is 10.7 Å². The van der Waals surface area contributed by atoms with E-state index in [2.05, 4.69) is 20.3 Å². The van der Waals surface area contributed by atoms with Crippen LogP contribution in [-0.4, -0.2) is 34.2 Å². The summed E-state index contributed by atoms with van der Waals surface area (Å²) in [6, 6.07) is 13.4. The lowest BCUT2D eigenvalue weighted by molar-refractivity contribution is 0.391. The Labute approximate surface area is 168 Å². The fraction of sp³-hybridized carbons (Fsp3) is 0.211. The van der Waals surface area contributed by atoms with Crippen molar-refractivity contribution in [1.82, 2.24) is 19.3 Å². The minimum Gasteiger partial charge on any atom is -0.309 e. The molecule has 3 aromatic rings. The van der Waals surface area contributed by atoms with Crippen LogP contribution in [0.3, 0.4) is 0 Å². The monoisotopic (exact) mass is 415 g/mol. The average molecular weight is 416 g/mol. The fourth-order valence-electron chi connectivity index (χ4n) is 3.29. The van der Waals surface area contributed by atoms with Crippen LogP contribution in [0.2, 0.25) is 5.02 Å². The second-order valence-electron chi connectivity index (χ2n) is 6.35. The van der Waals surface area contributed by atoms with Crippen LogP contribution in [0.1, 0.15) is 24.6 Å². The predicted octanol–water partition coefficient (Wildman–Crippen LogP) is 3.79. The van der Waals surface area contributed by atoms with Gasteiger partial charge in [-0.25, -0.2) is 23.4 Å². The summed E-state index contributed by atoms with van der Waals surface area (Å²) >= 11 is 6.15. The topological polar surface area (TPSA) is 88.1 Å². The molecule has 7 nitrogen and oxygen atoms in total. The summed E-state index contributed by atoms with van der Waals surface area (Å²) in [5.74, 6) is 0.991. The molecule has 1 saturated heterocycles. The highest BCUT2D eigenvalue weighted by Crippen LogP contribution is 2.37. The molecule has 144 valence electrons. The van der Waals surface area contributed by atoms with Gasteiger partial charge in [-0.3, -0.25) is 0 Å². The normalized spacial score (nSPS) is 17.5. The molecule has 1 aromatic carbocycles. The largest absolute Gasteiger partial charge is 0.309 e. The smallest absolute Gasteiger partial charge is 0.245 e. The predicted molar refractivity (Wildman–Crippen MR) is 107 cm³/mol. The third kappa shape index (κ3) is 3.71. The SMILES string of the molecule is O=S(=O)(c1ccccc1Cl)N1CCC[C@@H]1c1cccc(Nc2ncccn2)n1. The van der Waals surface area contributed by atoms with Gasteiger partial charge >= 0.3 is 0 Å². The van der Waals surface area contributed by atoms with Crippen molar-refractivity contribution in [3.8, 4) is 0 Å². The highest BCUT2D eigenvalue weighted by atomic mass is 35.5. The van der Waals surface area contributed by atoms with Crippen molar-refractivity contribution in [1.29, 1.82) is 0 Å². The van der Waals surface area contributed by atoms with E-state index in [0.717, 1.165) is 6.42 Å². The number of nitrogens with one attached hydrogen (secondary N) is 1. The molecule has 9 heteroatoms. The van der Waals surface area contributed by atoms with Crippen molar-refractivity contribution < 1.29 is 8.42 Å². The number of rotatable bonds is 5. The van der Waals surface area contributed by atoms with Crippen molar-refractivity contribution in [2.45, 2.75) is 23.8 Å². The molecular formula is C19H18ClN5O2S. The van der Waals surface area contributed by atoms with Gasteiger partial charge in [0.25, 0.3) is 0 Å². The van der Waals surface area contributed by atoms with Gasteiger partial charge in [-0.1, -0.05) is 29.8 Å². The molecule has 0 aliphatic carbocycles. The van der Waals surface area contributed by atoms with Crippen molar-refractivity contribution in [2.75, 3.05) is 11.9 Å². The zero-order valence-corrected chi connectivity index (χ0v) is 16.4. The Balaban J connectivity index is 1.64. The van der Waals surface area contributed by atoms with Crippen LogP contribution in [0.25, 0.3) is 0 Å². The first-order valence-corrected chi connectivity index (χ1v) is 10.6.